The Kier molecular flexibility index (Phi) is 2.54. The first-order chi connectivity index (χ1) is 10.3. The first-order valence-electron chi connectivity index (χ1n) is 6.63. The van der Waals surface area contributed by atoms with Gasteiger partial charge in [0, 0.05) is 17.1 Å². The smallest absolute Gasteiger partial charge is 0.146 e. The fourth-order valence-electron chi connectivity index (χ4n) is 2.46. The molecule has 0 bridgehead atoms. The second-order valence-corrected chi connectivity index (χ2v) is 4.82. The van der Waals surface area contributed by atoms with E-state index in [1.807, 2.05) is 36.4 Å². The number of benzene rings is 2. The summed E-state index contributed by atoms with van der Waals surface area (Å²) in [6, 6.07) is 16.7. The van der Waals surface area contributed by atoms with E-state index in [4.69, 9.17) is 4.42 Å². The minimum atomic E-state index is 0.212. The number of anilines is 2. The Morgan fingerprint density at radius 2 is 1.86 bits per heavy atom. The molecule has 4 heteroatoms. The second kappa shape index (κ2) is 4.52. The van der Waals surface area contributed by atoms with Gasteiger partial charge in [0.15, 0.2) is 0 Å². The number of phenolic OH excluding ortho intramolecular Hbond substituents is 1. The van der Waals surface area contributed by atoms with Gasteiger partial charge in [-0.1, -0.05) is 18.2 Å². The number of furan rings is 1. The van der Waals surface area contributed by atoms with Crippen molar-refractivity contribution in [3.8, 4) is 5.75 Å². The summed E-state index contributed by atoms with van der Waals surface area (Å²) >= 11 is 0. The average molecular weight is 276 g/mol. The first kappa shape index (κ1) is 11.8. The van der Waals surface area contributed by atoms with E-state index in [0.29, 0.717) is 5.82 Å². The molecule has 0 aliphatic heterocycles. The Morgan fingerprint density at radius 3 is 2.76 bits per heavy atom. The van der Waals surface area contributed by atoms with Crippen LogP contribution in [0.5, 0.6) is 5.75 Å². The van der Waals surface area contributed by atoms with Gasteiger partial charge < -0.3 is 14.8 Å². The monoisotopic (exact) mass is 276 g/mol. The fourth-order valence-corrected chi connectivity index (χ4v) is 2.46. The van der Waals surface area contributed by atoms with E-state index in [9.17, 15) is 5.11 Å². The predicted octanol–water partition coefficient (Wildman–Crippen LogP) is 4.43. The molecule has 2 aromatic heterocycles. The number of hydrogen-bond donors (Lipinski definition) is 2. The SMILES string of the molecule is Oc1cccc(Nc2nc3ccccc3c3occc23)c1. The summed E-state index contributed by atoms with van der Waals surface area (Å²) in [5.41, 5.74) is 2.45. The molecule has 0 radical (unpaired) electrons. The Hall–Kier alpha value is -3.01. The zero-order valence-corrected chi connectivity index (χ0v) is 11.1. The summed E-state index contributed by atoms with van der Waals surface area (Å²) in [6.07, 6.45) is 1.66. The van der Waals surface area contributed by atoms with Gasteiger partial charge in [0.25, 0.3) is 0 Å². The zero-order valence-electron chi connectivity index (χ0n) is 11.1. The standard InChI is InChI=1S/C17H12N2O2/c20-12-5-3-4-11(10-12)18-17-14-8-9-21-16(14)13-6-1-2-7-15(13)19-17/h1-10,20H,(H,18,19). The largest absolute Gasteiger partial charge is 0.508 e. The van der Waals surface area contributed by atoms with Crippen molar-refractivity contribution < 1.29 is 9.52 Å². The molecule has 102 valence electrons. The number of phenols is 1. The quantitative estimate of drug-likeness (QED) is 0.568. The fraction of sp³-hybridized carbons (Fsp3) is 0. The van der Waals surface area contributed by atoms with Crippen molar-refractivity contribution in [2.75, 3.05) is 5.32 Å². The average Bonchev–Trinajstić information content (AvgIpc) is 2.97. The molecule has 2 aromatic carbocycles. The second-order valence-electron chi connectivity index (χ2n) is 4.82. The molecule has 4 rings (SSSR count). The maximum Gasteiger partial charge on any atom is 0.146 e. The number of aromatic hydroxyl groups is 1. The first-order valence-corrected chi connectivity index (χ1v) is 6.63. The van der Waals surface area contributed by atoms with Crippen LogP contribution in [0, 0.1) is 0 Å². The number of aromatic nitrogens is 1. The Balaban J connectivity index is 1.92. The summed E-state index contributed by atoms with van der Waals surface area (Å²) in [7, 11) is 0. The molecule has 0 fully saturated rings. The Labute approximate surface area is 120 Å². The number of hydrogen-bond acceptors (Lipinski definition) is 4. The van der Waals surface area contributed by atoms with Crippen LogP contribution in [0.2, 0.25) is 0 Å². The number of nitrogens with one attached hydrogen (secondary N) is 1. The highest BCUT2D eigenvalue weighted by Crippen LogP contribution is 2.32. The molecule has 4 aromatic rings. The van der Waals surface area contributed by atoms with Gasteiger partial charge in [-0.05, 0) is 30.3 Å². The van der Waals surface area contributed by atoms with Gasteiger partial charge in [0.05, 0.1) is 17.2 Å². The van der Waals surface area contributed by atoms with Crippen LogP contribution < -0.4 is 5.32 Å². The lowest BCUT2D eigenvalue weighted by atomic mass is 10.1. The van der Waals surface area contributed by atoms with Gasteiger partial charge in [-0.15, -0.1) is 0 Å². The van der Waals surface area contributed by atoms with E-state index in [2.05, 4.69) is 10.3 Å². The third kappa shape index (κ3) is 1.97. The Morgan fingerprint density at radius 1 is 0.952 bits per heavy atom. The molecular weight excluding hydrogens is 264 g/mol. The summed E-state index contributed by atoms with van der Waals surface area (Å²) in [5.74, 6) is 0.923. The van der Waals surface area contributed by atoms with Crippen LogP contribution in [0.25, 0.3) is 21.9 Å². The minimum Gasteiger partial charge on any atom is -0.508 e. The molecule has 0 saturated carbocycles. The highest BCUT2D eigenvalue weighted by Gasteiger charge is 2.11. The number of pyridine rings is 1. The molecule has 0 aliphatic rings. The molecule has 0 amide bonds. The van der Waals surface area contributed by atoms with Gasteiger partial charge in [0.2, 0.25) is 0 Å². The summed E-state index contributed by atoms with van der Waals surface area (Å²) < 4.78 is 5.60. The van der Waals surface area contributed by atoms with Gasteiger partial charge in [-0.3, -0.25) is 0 Å². The van der Waals surface area contributed by atoms with Crippen LogP contribution in [0.4, 0.5) is 11.5 Å². The van der Waals surface area contributed by atoms with E-state index in [-0.39, 0.29) is 5.75 Å². The maximum absolute atomic E-state index is 9.56. The van der Waals surface area contributed by atoms with Gasteiger partial charge in [0.1, 0.15) is 17.2 Å². The number of nitrogens with zero attached hydrogens (tertiary/aromatic N) is 1. The predicted molar refractivity (Wildman–Crippen MR) is 82.9 cm³/mol. The summed E-state index contributed by atoms with van der Waals surface area (Å²) in [5, 5.41) is 14.7. The van der Waals surface area contributed by atoms with Crippen molar-refractivity contribution in [3.63, 3.8) is 0 Å². The van der Waals surface area contributed by atoms with E-state index < -0.39 is 0 Å². The maximum atomic E-state index is 9.56. The van der Waals surface area contributed by atoms with Crippen LogP contribution in [-0.2, 0) is 0 Å². The number of para-hydroxylation sites is 1. The van der Waals surface area contributed by atoms with Crippen LogP contribution in [0.1, 0.15) is 0 Å². The van der Waals surface area contributed by atoms with E-state index in [1.165, 1.54) is 0 Å². The lowest BCUT2D eigenvalue weighted by Gasteiger charge is -2.08. The highest BCUT2D eigenvalue weighted by atomic mass is 16.3. The molecule has 21 heavy (non-hydrogen) atoms. The lowest BCUT2D eigenvalue weighted by molar-refractivity contribution is 0.475. The van der Waals surface area contributed by atoms with Crippen molar-refractivity contribution in [2.24, 2.45) is 0 Å². The van der Waals surface area contributed by atoms with E-state index in [1.54, 1.807) is 24.5 Å². The summed E-state index contributed by atoms with van der Waals surface area (Å²) in [6.45, 7) is 0. The van der Waals surface area contributed by atoms with Crippen molar-refractivity contribution in [1.29, 1.82) is 0 Å². The molecule has 4 nitrogen and oxygen atoms in total. The zero-order chi connectivity index (χ0) is 14.2. The molecule has 2 N–H and O–H groups in total. The van der Waals surface area contributed by atoms with Crippen LogP contribution in [-0.4, -0.2) is 10.1 Å². The topological polar surface area (TPSA) is 58.3 Å². The molecule has 2 heterocycles. The number of fused-ring (bicyclic) bond motifs is 3. The van der Waals surface area contributed by atoms with Gasteiger partial charge in [-0.25, -0.2) is 4.98 Å². The Bertz CT molecular complexity index is 944. The van der Waals surface area contributed by atoms with Crippen LogP contribution in [0.3, 0.4) is 0 Å². The van der Waals surface area contributed by atoms with E-state index in [0.717, 1.165) is 27.6 Å². The lowest BCUT2D eigenvalue weighted by Crippen LogP contribution is -1.94. The number of rotatable bonds is 2. The molecule has 0 saturated heterocycles. The van der Waals surface area contributed by atoms with Gasteiger partial charge in [-0.2, -0.15) is 0 Å². The van der Waals surface area contributed by atoms with Crippen molar-refractivity contribution in [1.82, 2.24) is 4.98 Å². The molecule has 0 aliphatic carbocycles. The molecule has 0 atom stereocenters. The highest BCUT2D eigenvalue weighted by molar-refractivity contribution is 6.07. The van der Waals surface area contributed by atoms with Crippen LogP contribution >= 0.6 is 0 Å². The van der Waals surface area contributed by atoms with Crippen LogP contribution in [0.15, 0.2) is 65.3 Å². The molecular formula is C17H12N2O2. The molecule has 0 unspecified atom stereocenters. The van der Waals surface area contributed by atoms with Crippen molar-refractivity contribution in [2.45, 2.75) is 0 Å². The van der Waals surface area contributed by atoms with E-state index >= 15 is 0 Å². The normalized spacial score (nSPS) is 11.0. The third-order valence-electron chi connectivity index (χ3n) is 3.41. The summed E-state index contributed by atoms with van der Waals surface area (Å²) in [4.78, 5) is 4.65. The molecule has 0 spiro atoms. The van der Waals surface area contributed by atoms with Gasteiger partial charge >= 0.3 is 0 Å². The minimum absolute atomic E-state index is 0.212. The van der Waals surface area contributed by atoms with Crippen molar-refractivity contribution in [3.05, 3.63) is 60.9 Å². The van der Waals surface area contributed by atoms with Crippen molar-refractivity contribution >= 4 is 33.4 Å². The third-order valence-corrected chi connectivity index (χ3v) is 3.41.